The van der Waals surface area contributed by atoms with Gasteiger partial charge in [0.15, 0.2) is 0 Å². The first-order chi connectivity index (χ1) is 12.9. The van der Waals surface area contributed by atoms with Crippen molar-refractivity contribution in [2.24, 2.45) is 0 Å². The Morgan fingerprint density at radius 1 is 0.852 bits per heavy atom. The van der Waals surface area contributed by atoms with Crippen molar-refractivity contribution in [3.63, 3.8) is 0 Å². The maximum atomic E-state index is 11.4. The van der Waals surface area contributed by atoms with E-state index in [0.29, 0.717) is 22.3 Å². The fourth-order valence-electron chi connectivity index (χ4n) is 2.95. The van der Waals surface area contributed by atoms with E-state index in [2.05, 4.69) is 0 Å². The Hall–Kier alpha value is -2.83. The zero-order valence-corrected chi connectivity index (χ0v) is 15.2. The van der Waals surface area contributed by atoms with Crippen LogP contribution >= 0.6 is 0 Å². The summed E-state index contributed by atoms with van der Waals surface area (Å²) >= 11 is 0. The molecule has 0 bridgehead atoms. The molecule has 2 atom stereocenters. The van der Waals surface area contributed by atoms with Gasteiger partial charge in [0.1, 0.15) is 24.7 Å². The summed E-state index contributed by atoms with van der Waals surface area (Å²) < 4.78 is 11.7. The van der Waals surface area contributed by atoms with Gasteiger partial charge in [-0.3, -0.25) is 0 Å². The van der Waals surface area contributed by atoms with E-state index in [-0.39, 0.29) is 18.8 Å². The molecule has 0 fully saturated rings. The molecule has 0 amide bonds. The van der Waals surface area contributed by atoms with Crippen molar-refractivity contribution in [1.29, 1.82) is 0 Å². The fraction of sp³-hybridized carbons (Fsp3) is 0.286. The lowest BCUT2D eigenvalue weighted by Gasteiger charge is -2.19. The van der Waals surface area contributed by atoms with Gasteiger partial charge in [-0.2, -0.15) is 0 Å². The summed E-state index contributed by atoms with van der Waals surface area (Å²) in [5.74, 6) is 0.00909. The summed E-state index contributed by atoms with van der Waals surface area (Å²) in [6, 6.07) is 12.2. The summed E-state index contributed by atoms with van der Waals surface area (Å²) in [6.07, 6.45) is -1.32. The Balaban J connectivity index is 2.32. The largest absolute Gasteiger partial charge is 0.490 e. The highest BCUT2D eigenvalue weighted by Gasteiger charge is 2.18. The summed E-state index contributed by atoms with van der Waals surface area (Å²) in [6.45, 7) is 3.43. The number of benzene rings is 3. The first kappa shape index (κ1) is 18.9. The highest BCUT2D eigenvalue weighted by Crippen LogP contribution is 2.43. The number of carbonyl (C=O) groups is 1. The van der Waals surface area contributed by atoms with Crippen molar-refractivity contribution in [1.82, 2.24) is 0 Å². The normalized spacial score (nSPS) is 13.5. The molecule has 0 aromatic heterocycles. The van der Waals surface area contributed by atoms with Crippen LogP contribution in [0.3, 0.4) is 0 Å². The standard InChI is InChI=1S/C21H22O6/c1-12(22)10-26-19-15-5-3-4-6-16(15)20(27-11-13(2)23)18-9-14(21(24)25)7-8-17(18)19/h3-9,12-13,22-23H,10-11H2,1-2H3,(H,24,25). The number of aromatic carboxylic acids is 1. The lowest BCUT2D eigenvalue weighted by Crippen LogP contribution is -2.14. The van der Waals surface area contributed by atoms with Gasteiger partial charge in [0.25, 0.3) is 0 Å². The molecule has 6 heteroatoms. The maximum Gasteiger partial charge on any atom is 0.335 e. The summed E-state index contributed by atoms with van der Waals surface area (Å²) in [7, 11) is 0. The average molecular weight is 370 g/mol. The lowest BCUT2D eigenvalue weighted by molar-refractivity contribution is 0.0697. The molecule has 0 aliphatic heterocycles. The molecule has 3 aromatic rings. The Bertz CT molecular complexity index is 977. The second kappa shape index (κ2) is 7.82. The Morgan fingerprint density at radius 2 is 1.33 bits per heavy atom. The molecule has 0 aliphatic rings. The average Bonchev–Trinajstić information content (AvgIpc) is 2.63. The van der Waals surface area contributed by atoms with Crippen LogP contribution in [0.25, 0.3) is 21.5 Å². The predicted molar refractivity (Wildman–Crippen MR) is 103 cm³/mol. The summed E-state index contributed by atoms with van der Waals surface area (Å²) in [4.78, 5) is 11.4. The molecule has 3 N–H and O–H groups in total. The first-order valence-corrected chi connectivity index (χ1v) is 8.72. The van der Waals surface area contributed by atoms with E-state index in [0.717, 1.165) is 10.8 Å². The molecule has 0 heterocycles. The third-order valence-corrected chi connectivity index (χ3v) is 4.11. The number of carboxylic acids is 1. The first-order valence-electron chi connectivity index (χ1n) is 8.72. The quantitative estimate of drug-likeness (QED) is 0.553. The number of aliphatic hydroxyl groups excluding tert-OH is 2. The molecule has 6 nitrogen and oxygen atoms in total. The molecule has 3 rings (SSSR count). The highest BCUT2D eigenvalue weighted by molar-refractivity contribution is 6.12. The Kier molecular flexibility index (Phi) is 5.48. The smallest absolute Gasteiger partial charge is 0.335 e. The number of aliphatic hydroxyl groups is 2. The summed E-state index contributed by atoms with van der Waals surface area (Å²) in [5.41, 5.74) is 0.126. The van der Waals surface area contributed by atoms with Crippen molar-refractivity contribution in [3.05, 3.63) is 48.0 Å². The van der Waals surface area contributed by atoms with Crippen LogP contribution in [-0.4, -0.2) is 46.7 Å². The van der Waals surface area contributed by atoms with Gasteiger partial charge in [0.2, 0.25) is 0 Å². The second-order valence-corrected chi connectivity index (χ2v) is 6.59. The van der Waals surface area contributed by atoms with Crippen molar-refractivity contribution in [3.8, 4) is 11.5 Å². The predicted octanol–water partition coefficient (Wildman–Crippen LogP) is 3.21. The third kappa shape index (κ3) is 3.97. The van der Waals surface area contributed by atoms with Crippen molar-refractivity contribution in [2.75, 3.05) is 13.2 Å². The van der Waals surface area contributed by atoms with Crippen molar-refractivity contribution < 1.29 is 29.6 Å². The molecule has 2 unspecified atom stereocenters. The topological polar surface area (TPSA) is 96.2 Å². The molecule has 3 aromatic carbocycles. The van der Waals surface area contributed by atoms with Gasteiger partial charge in [-0.05, 0) is 32.0 Å². The monoisotopic (exact) mass is 370 g/mol. The van der Waals surface area contributed by atoms with E-state index in [1.807, 2.05) is 24.3 Å². The highest BCUT2D eigenvalue weighted by atomic mass is 16.5. The van der Waals surface area contributed by atoms with Crippen LogP contribution in [0.5, 0.6) is 11.5 Å². The molecule has 0 radical (unpaired) electrons. The second-order valence-electron chi connectivity index (χ2n) is 6.59. The van der Waals surface area contributed by atoms with Crippen LogP contribution in [0.1, 0.15) is 24.2 Å². The van der Waals surface area contributed by atoms with Crippen molar-refractivity contribution >= 4 is 27.5 Å². The van der Waals surface area contributed by atoms with E-state index in [1.165, 1.54) is 12.1 Å². The van der Waals surface area contributed by atoms with E-state index in [4.69, 9.17) is 9.47 Å². The van der Waals surface area contributed by atoms with Gasteiger partial charge in [0, 0.05) is 21.5 Å². The molecule has 0 saturated carbocycles. The van der Waals surface area contributed by atoms with Crippen LogP contribution in [0, 0.1) is 0 Å². The molecular weight excluding hydrogens is 348 g/mol. The van der Waals surface area contributed by atoms with Gasteiger partial charge >= 0.3 is 5.97 Å². The van der Waals surface area contributed by atoms with Crippen LogP contribution < -0.4 is 9.47 Å². The van der Waals surface area contributed by atoms with Crippen LogP contribution in [0.4, 0.5) is 0 Å². The number of ether oxygens (including phenoxy) is 2. The molecule has 27 heavy (non-hydrogen) atoms. The zero-order valence-electron chi connectivity index (χ0n) is 15.2. The van der Waals surface area contributed by atoms with Gasteiger partial charge in [0.05, 0.1) is 17.8 Å². The number of rotatable bonds is 7. The Morgan fingerprint density at radius 3 is 1.81 bits per heavy atom. The third-order valence-electron chi connectivity index (χ3n) is 4.11. The van der Waals surface area contributed by atoms with Crippen LogP contribution in [-0.2, 0) is 0 Å². The van der Waals surface area contributed by atoms with Gasteiger partial charge < -0.3 is 24.8 Å². The van der Waals surface area contributed by atoms with E-state index in [9.17, 15) is 20.1 Å². The molecule has 0 spiro atoms. The maximum absolute atomic E-state index is 11.4. The van der Waals surface area contributed by atoms with E-state index >= 15 is 0 Å². The van der Waals surface area contributed by atoms with E-state index in [1.54, 1.807) is 19.9 Å². The van der Waals surface area contributed by atoms with Gasteiger partial charge in [-0.15, -0.1) is 0 Å². The minimum absolute atomic E-state index is 0.0737. The van der Waals surface area contributed by atoms with Crippen LogP contribution in [0.2, 0.25) is 0 Å². The molecule has 142 valence electrons. The molecule has 0 saturated heterocycles. The van der Waals surface area contributed by atoms with Crippen molar-refractivity contribution in [2.45, 2.75) is 26.1 Å². The minimum Gasteiger partial charge on any atom is -0.490 e. The number of fused-ring (bicyclic) bond motifs is 2. The van der Waals surface area contributed by atoms with Crippen LogP contribution in [0.15, 0.2) is 42.5 Å². The number of carboxylic acid groups (broad SMARTS) is 1. The minimum atomic E-state index is -1.04. The number of hydrogen-bond acceptors (Lipinski definition) is 5. The molecule has 0 aliphatic carbocycles. The van der Waals surface area contributed by atoms with Gasteiger partial charge in [-0.25, -0.2) is 4.79 Å². The lowest BCUT2D eigenvalue weighted by atomic mass is 9.98. The fourth-order valence-corrected chi connectivity index (χ4v) is 2.95. The Labute approximate surface area is 156 Å². The molecular formula is C21H22O6. The summed E-state index contributed by atoms with van der Waals surface area (Å²) in [5, 5.41) is 31.4. The van der Waals surface area contributed by atoms with Gasteiger partial charge in [-0.1, -0.05) is 24.3 Å². The van der Waals surface area contributed by atoms with E-state index < -0.39 is 18.2 Å². The number of hydrogen-bond donors (Lipinski definition) is 3. The zero-order chi connectivity index (χ0) is 19.6. The SMILES string of the molecule is CC(O)COc1c2ccccc2c(OCC(C)O)c2cc(C(=O)O)ccc12.